The molecular formula is C47H56ClNO4P2Ru+2. The van der Waals surface area contributed by atoms with Crippen molar-refractivity contribution >= 4 is 56.4 Å². The van der Waals surface area contributed by atoms with Gasteiger partial charge < -0.3 is 32.4 Å². The molecule has 56 heavy (non-hydrogen) atoms. The van der Waals surface area contributed by atoms with Gasteiger partial charge in [0.1, 0.15) is 0 Å². The fourth-order valence-corrected chi connectivity index (χ4v) is 10.5. The number of hydrogen-bond donors (Lipinski definition) is 2. The maximum atomic E-state index is 10.6. The number of aliphatic hydroxyl groups excluding tert-OH is 1. The van der Waals surface area contributed by atoms with Crippen molar-refractivity contribution in [3.8, 4) is 0 Å². The van der Waals surface area contributed by atoms with E-state index in [2.05, 4.69) is 140 Å². The number of nitrogens with one attached hydrogen (secondary N) is 1. The Morgan fingerprint density at radius 1 is 0.536 bits per heavy atom. The van der Waals surface area contributed by atoms with Gasteiger partial charge in [-0.05, 0) is 67.9 Å². The van der Waals surface area contributed by atoms with Crippen LogP contribution in [-0.4, -0.2) is 49.9 Å². The molecule has 0 saturated carbocycles. The number of benzene rings is 6. The third-order valence-corrected chi connectivity index (χ3v) is 13.7. The van der Waals surface area contributed by atoms with E-state index in [9.17, 15) is 4.79 Å². The molecule has 0 aromatic heterocycles. The molecule has 0 heterocycles. The quantitative estimate of drug-likeness (QED) is 0.0463. The van der Waals surface area contributed by atoms with E-state index in [0.29, 0.717) is 0 Å². The van der Waals surface area contributed by atoms with Crippen LogP contribution in [0.4, 0.5) is 0 Å². The molecule has 6 aromatic carbocycles. The van der Waals surface area contributed by atoms with Crippen LogP contribution in [0.25, 0.3) is 0 Å². The zero-order valence-electron chi connectivity index (χ0n) is 31.3. The van der Waals surface area contributed by atoms with Gasteiger partial charge >= 0.3 is 19.5 Å². The van der Waals surface area contributed by atoms with Crippen LogP contribution < -0.4 is 38.9 Å². The minimum atomic E-state index is -0.758. The fraction of sp³-hybridized carbons (Fsp3) is 0.170. The largest absolute Gasteiger partial charge is 0.310 e. The Labute approximate surface area is 357 Å². The summed E-state index contributed by atoms with van der Waals surface area (Å²) in [7, 11) is -1.52. The fourth-order valence-electron chi connectivity index (χ4n) is 5.42. The molecule has 0 aliphatic rings. The average Bonchev–Trinajstić information content (AvgIpc) is 3.24. The summed E-state index contributed by atoms with van der Waals surface area (Å²) in [5, 5.41) is 18.8. The van der Waals surface area contributed by atoms with Gasteiger partial charge in [-0.1, -0.05) is 141 Å². The molecule has 2 N–H and O–H groups in total. The minimum absolute atomic E-state index is 0. The second-order valence-electron chi connectivity index (χ2n) is 11.7. The van der Waals surface area contributed by atoms with E-state index in [4.69, 9.17) is 14.7 Å². The van der Waals surface area contributed by atoms with E-state index < -0.39 is 15.8 Å². The first-order valence-electron chi connectivity index (χ1n) is 17.4. The second-order valence-corrected chi connectivity index (χ2v) is 16.9. The molecule has 0 spiro atoms. The Kier molecular flexibility index (Phi) is 33.1. The maximum Gasteiger partial charge on any atom is 0.0967 e. The first-order valence-corrected chi connectivity index (χ1v) is 20.8. The number of carbonyl (C=O) groups excluding carboxylic acids is 3. The van der Waals surface area contributed by atoms with Gasteiger partial charge in [0.25, 0.3) is 0 Å². The van der Waals surface area contributed by atoms with Gasteiger partial charge in [0.2, 0.25) is 0 Å². The predicted octanol–water partition coefficient (Wildman–Crippen LogP) is 4.76. The molecule has 0 fully saturated rings. The van der Waals surface area contributed by atoms with Crippen LogP contribution in [0.3, 0.4) is 0 Å². The smallest absolute Gasteiger partial charge is 0.0967 e. The molecule has 0 saturated heterocycles. The van der Waals surface area contributed by atoms with E-state index in [0.717, 1.165) is 24.2 Å². The Morgan fingerprint density at radius 3 is 1.00 bits per heavy atom. The van der Waals surface area contributed by atoms with Crippen LogP contribution >= 0.6 is 15.8 Å². The van der Waals surface area contributed by atoms with E-state index in [-0.39, 0.29) is 51.2 Å². The number of hydrogen-bond acceptors (Lipinski definition) is 5. The molecule has 0 aliphatic heterocycles. The van der Waals surface area contributed by atoms with Crippen molar-refractivity contribution in [1.29, 1.82) is 0 Å². The van der Waals surface area contributed by atoms with Gasteiger partial charge in [0.05, 0.1) is 55.5 Å². The number of aliphatic hydroxyl groups is 1. The zero-order chi connectivity index (χ0) is 38.5. The van der Waals surface area contributed by atoms with Crippen molar-refractivity contribution < 1.29 is 51.4 Å². The summed E-state index contributed by atoms with van der Waals surface area (Å²) in [6, 6.07) is 63.0. The number of Topliss-reactive ketones (excluding diaryl/α,β-unsaturated/α-hetero) is 1. The third-order valence-electron chi connectivity index (χ3n) is 8.05. The normalized spacial score (nSPS) is 9.88. The number of ketones is 1. The van der Waals surface area contributed by atoms with Gasteiger partial charge in [-0.3, -0.25) is 18.4 Å². The third kappa shape index (κ3) is 20.8. The minimum Gasteiger partial charge on any atom is -0.310 e. The van der Waals surface area contributed by atoms with Crippen LogP contribution in [0.1, 0.15) is 43.3 Å². The van der Waals surface area contributed by atoms with Crippen molar-refractivity contribution in [3.05, 3.63) is 193 Å². The van der Waals surface area contributed by atoms with Gasteiger partial charge in [-0.15, -0.1) is 0 Å². The molecular weight excluding hydrogens is 841 g/mol. The standard InChI is InChI=1S/C28H29NP2.C8H10O.C8H8O.2CHO.CH4.ClH.Ru.H/c1-5-13-25(14-6-1)30(26-15-7-2-8-16-26)23-21-29-22-24-31(27-17-9-3-10-18-27)28-19-11-4-12-20-28;2*1-7(9)8-5-3-2-4-6-8;2*1-2;;;;/h1-20,29H,21-24H2;2-7,9H,1H3;2-6H,1H3;2*1H;1H4;1H;;/q;;;2*-1;;;+3;/p+1. The summed E-state index contributed by atoms with van der Waals surface area (Å²) in [5.41, 5.74) is 1.75. The van der Waals surface area contributed by atoms with E-state index in [1.807, 2.05) is 60.7 Å². The van der Waals surface area contributed by atoms with Gasteiger partial charge in [0.15, 0.2) is 5.78 Å². The zero-order valence-corrected chi connectivity index (χ0v) is 35.9. The molecule has 5 nitrogen and oxygen atoms in total. The second kappa shape index (κ2) is 34.3. The van der Waals surface area contributed by atoms with E-state index >= 15 is 0 Å². The number of rotatable bonds is 12. The molecule has 1 atom stereocenters. The van der Waals surface area contributed by atoms with E-state index in [1.165, 1.54) is 33.5 Å². The number of halogens is 1. The van der Waals surface area contributed by atoms with Crippen LogP contribution in [0, 0.1) is 0 Å². The summed E-state index contributed by atoms with van der Waals surface area (Å²) in [6.07, 6.45) is 2.07. The molecule has 0 amide bonds. The first kappa shape index (κ1) is 54.1. The Bertz CT molecular complexity index is 1610. The summed E-state index contributed by atoms with van der Waals surface area (Å²) in [4.78, 5) is 26.1. The molecule has 1 unspecified atom stereocenters. The molecule has 9 heteroatoms. The van der Waals surface area contributed by atoms with Crippen molar-refractivity contribution in [1.82, 2.24) is 5.32 Å². The van der Waals surface area contributed by atoms with E-state index in [1.54, 1.807) is 13.8 Å². The Morgan fingerprint density at radius 2 is 0.786 bits per heavy atom. The predicted molar refractivity (Wildman–Crippen MR) is 239 cm³/mol. The van der Waals surface area contributed by atoms with Crippen molar-refractivity contribution in [3.63, 3.8) is 0 Å². The SMILES string of the molecule is C.CC(=O)c1ccccc1.CC(O)c1ccccc1.[CH-]=O.[CH-]=O.[Cl-].[RuH+3].c1ccc([PH+](CCNCC[PH+](c2ccccc2)c2ccccc2)c2ccccc2)cc1. The molecule has 0 bridgehead atoms. The van der Waals surface area contributed by atoms with Crippen LogP contribution in [0.15, 0.2) is 182 Å². The molecule has 0 aliphatic carbocycles. The maximum absolute atomic E-state index is 10.6. The topological polar surface area (TPSA) is 83.5 Å². The first-order chi connectivity index (χ1) is 26.0. The Hall–Kier alpha value is -3.98. The van der Waals surface area contributed by atoms with Crippen molar-refractivity contribution in [2.45, 2.75) is 27.4 Å². The Balaban J connectivity index is 0. The molecule has 6 rings (SSSR count). The molecule has 296 valence electrons. The summed E-state index contributed by atoms with van der Waals surface area (Å²) < 4.78 is 0. The van der Waals surface area contributed by atoms with Crippen molar-refractivity contribution in [2.24, 2.45) is 0 Å². The summed E-state index contributed by atoms with van der Waals surface area (Å²) in [6.45, 7) is 12.0. The number of carbonyl (C=O) groups is 1. The summed E-state index contributed by atoms with van der Waals surface area (Å²) >= 11 is 0. The average molecular weight is 897 g/mol. The molecule has 1 radical (unpaired) electrons. The van der Waals surface area contributed by atoms with Gasteiger partial charge in [0, 0.05) is 18.7 Å². The van der Waals surface area contributed by atoms with Crippen LogP contribution in [-0.2, 0) is 29.1 Å². The van der Waals surface area contributed by atoms with Gasteiger partial charge in [-0.2, -0.15) is 0 Å². The van der Waals surface area contributed by atoms with Crippen LogP contribution in [0.5, 0.6) is 0 Å². The van der Waals surface area contributed by atoms with Crippen molar-refractivity contribution in [2.75, 3.05) is 25.4 Å². The van der Waals surface area contributed by atoms with Gasteiger partial charge in [-0.25, -0.2) is 0 Å². The van der Waals surface area contributed by atoms with Crippen LogP contribution in [0.2, 0.25) is 0 Å². The monoisotopic (exact) mass is 897 g/mol. The summed E-state index contributed by atoms with van der Waals surface area (Å²) in [5.74, 6) is 0.121. The molecule has 6 aromatic rings.